The third-order valence-electron chi connectivity index (χ3n) is 7.78. The summed E-state index contributed by atoms with van der Waals surface area (Å²) in [4.78, 5) is 38.7. The first kappa shape index (κ1) is 28.1. The van der Waals surface area contributed by atoms with Crippen LogP contribution in [0.25, 0.3) is 33.6 Å². The number of methoxy groups -OCH3 is 2. The maximum absolute atomic E-state index is 11.7. The van der Waals surface area contributed by atoms with E-state index in [2.05, 4.69) is 20.2 Å². The number of pyridine rings is 3. The standard InChI is InChI=1S/C31H27Cl2N5O4/c1-41-25-10-19(12-35-24(25)14-39)29-28(33)21(8-9-34-29)20-4-3-5-22(27(20)32)23-7-6-18(30(37-23)42-2)13-38-16-31(17-38)11-26(40)36-15-31/h3-10,12,14H,11,13,15-17H2,1-2H3,(H,36,40). The van der Waals surface area contributed by atoms with Crippen LogP contribution in [0.1, 0.15) is 22.5 Å². The Morgan fingerprint density at radius 1 is 1.02 bits per heavy atom. The number of rotatable bonds is 8. The summed E-state index contributed by atoms with van der Waals surface area (Å²) in [6.07, 6.45) is 4.40. The first-order valence-corrected chi connectivity index (χ1v) is 14.1. The molecule has 5 heterocycles. The van der Waals surface area contributed by atoms with Crippen LogP contribution in [0.3, 0.4) is 0 Å². The summed E-state index contributed by atoms with van der Waals surface area (Å²) in [5.74, 6) is 0.987. The van der Waals surface area contributed by atoms with Crippen LogP contribution >= 0.6 is 23.2 Å². The van der Waals surface area contributed by atoms with Crippen molar-refractivity contribution >= 4 is 35.4 Å². The van der Waals surface area contributed by atoms with Crippen molar-refractivity contribution in [1.82, 2.24) is 25.2 Å². The molecule has 2 saturated heterocycles. The molecule has 0 radical (unpaired) electrons. The lowest BCUT2D eigenvalue weighted by molar-refractivity contribution is -0.120. The van der Waals surface area contributed by atoms with Crippen LogP contribution in [0.4, 0.5) is 0 Å². The Morgan fingerprint density at radius 3 is 2.52 bits per heavy atom. The molecule has 0 atom stereocenters. The van der Waals surface area contributed by atoms with Gasteiger partial charge < -0.3 is 14.8 Å². The average Bonchev–Trinajstić information content (AvgIpc) is 3.39. The molecule has 11 heteroatoms. The van der Waals surface area contributed by atoms with E-state index in [9.17, 15) is 9.59 Å². The van der Waals surface area contributed by atoms with Gasteiger partial charge in [0.2, 0.25) is 11.8 Å². The third kappa shape index (κ3) is 5.08. The van der Waals surface area contributed by atoms with Crippen LogP contribution in [0.15, 0.2) is 54.9 Å². The molecule has 1 amide bonds. The predicted molar refractivity (Wildman–Crippen MR) is 160 cm³/mol. The van der Waals surface area contributed by atoms with Crippen LogP contribution in [-0.2, 0) is 11.3 Å². The molecule has 0 aliphatic carbocycles. The number of aldehydes is 1. The number of carbonyl (C=O) groups excluding carboxylic acids is 2. The minimum atomic E-state index is 0.0568. The summed E-state index contributed by atoms with van der Waals surface area (Å²) >= 11 is 13.9. The quantitative estimate of drug-likeness (QED) is 0.269. The molecule has 9 nitrogen and oxygen atoms in total. The summed E-state index contributed by atoms with van der Waals surface area (Å²) in [5.41, 5.74) is 5.08. The Labute approximate surface area is 252 Å². The van der Waals surface area contributed by atoms with Gasteiger partial charge >= 0.3 is 0 Å². The smallest absolute Gasteiger partial charge is 0.220 e. The lowest BCUT2D eigenvalue weighted by atomic mass is 9.79. The van der Waals surface area contributed by atoms with Gasteiger partial charge in [-0.25, -0.2) is 9.97 Å². The minimum Gasteiger partial charge on any atom is -0.494 e. The Hall–Kier alpha value is -4.05. The largest absolute Gasteiger partial charge is 0.494 e. The first-order valence-electron chi connectivity index (χ1n) is 13.3. The second-order valence-electron chi connectivity index (χ2n) is 10.6. The van der Waals surface area contributed by atoms with Gasteiger partial charge in [0.15, 0.2) is 6.29 Å². The van der Waals surface area contributed by atoms with Crippen molar-refractivity contribution < 1.29 is 19.1 Å². The zero-order valence-electron chi connectivity index (χ0n) is 23.0. The van der Waals surface area contributed by atoms with Crippen LogP contribution in [0, 0.1) is 5.41 Å². The fourth-order valence-electron chi connectivity index (χ4n) is 5.77. The molecule has 6 rings (SSSR count). The number of benzene rings is 1. The Balaban J connectivity index is 1.29. The maximum atomic E-state index is 11.7. The number of carbonyl (C=O) groups is 2. The van der Waals surface area contributed by atoms with Crippen molar-refractivity contribution in [1.29, 1.82) is 0 Å². The van der Waals surface area contributed by atoms with Crippen molar-refractivity contribution in [3.8, 4) is 45.3 Å². The summed E-state index contributed by atoms with van der Waals surface area (Å²) in [6.45, 7) is 3.15. The van der Waals surface area contributed by atoms with Crippen molar-refractivity contribution in [3.63, 3.8) is 0 Å². The number of nitrogens with zero attached hydrogens (tertiary/aromatic N) is 4. The van der Waals surface area contributed by atoms with Gasteiger partial charge in [0.25, 0.3) is 0 Å². The highest BCUT2D eigenvalue weighted by Crippen LogP contribution is 2.42. The summed E-state index contributed by atoms with van der Waals surface area (Å²) in [7, 11) is 3.08. The molecular weight excluding hydrogens is 577 g/mol. The molecule has 214 valence electrons. The third-order valence-corrected chi connectivity index (χ3v) is 8.57. The van der Waals surface area contributed by atoms with E-state index in [0.717, 1.165) is 30.8 Å². The number of hydrogen-bond donors (Lipinski definition) is 1. The number of ether oxygens (including phenoxy) is 2. The summed E-state index contributed by atoms with van der Waals surface area (Å²) < 4.78 is 11.0. The van der Waals surface area contributed by atoms with E-state index in [1.165, 1.54) is 13.3 Å². The molecule has 4 aromatic rings. The second kappa shape index (κ2) is 11.3. The van der Waals surface area contributed by atoms with Gasteiger partial charge in [0, 0.05) is 78.2 Å². The number of hydrogen-bond acceptors (Lipinski definition) is 8. The van der Waals surface area contributed by atoms with Crippen LogP contribution in [-0.4, -0.2) is 65.9 Å². The van der Waals surface area contributed by atoms with Crippen molar-refractivity contribution in [2.45, 2.75) is 13.0 Å². The first-order chi connectivity index (χ1) is 20.3. The molecule has 0 bridgehead atoms. The number of amides is 1. The monoisotopic (exact) mass is 603 g/mol. The SMILES string of the molecule is COc1cc(-c2nccc(-c3cccc(-c4ccc(CN5CC6(CNC(=O)C6)C5)c(OC)n4)c3Cl)c2Cl)cnc1C=O. The fraction of sp³-hybridized carbons (Fsp3) is 0.258. The zero-order valence-corrected chi connectivity index (χ0v) is 24.5. The average molecular weight is 604 g/mol. The fourth-order valence-corrected chi connectivity index (χ4v) is 6.42. The zero-order chi connectivity index (χ0) is 29.4. The van der Waals surface area contributed by atoms with Crippen LogP contribution in [0.5, 0.6) is 11.6 Å². The molecular formula is C31H27Cl2N5O4. The van der Waals surface area contributed by atoms with E-state index < -0.39 is 0 Å². The Morgan fingerprint density at radius 2 is 1.81 bits per heavy atom. The molecule has 2 aliphatic rings. The van der Waals surface area contributed by atoms with Gasteiger partial charge in [-0.3, -0.25) is 19.5 Å². The van der Waals surface area contributed by atoms with E-state index in [1.54, 1.807) is 25.4 Å². The summed E-state index contributed by atoms with van der Waals surface area (Å²) in [6, 6.07) is 13.1. The maximum Gasteiger partial charge on any atom is 0.220 e. The second-order valence-corrected chi connectivity index (χ2v) is 11.3. The van der Waals surface area contributed by atoms with E-state index in [0.29, 0.717) is 69.0 Å². The normalized spacial score (nSPS) is 15.8. The van der Waals surface area contributed by atoms with Gasteiger partial charge in [-0.2, -0.15) is 0 Å². The molecule has 0 unspecified atom stereocenters. The highest BCUT2D eigenvalue weighted by Gasteiger charge is 2.47. The number of nitrogens with one attached hydrogen (secondary N) is 1. The topological polar surface area (TPSA) is 107 Å². The van der Waals surface area contributed by atoms with Crippen LogP contribution < -0.4 is 14.8 Å². The Kier molecular flexibility index (Phi) is 7.57. The lowest BCUT2D eigenvalue weighted by Crippen LogP contribution is -2.56. The molecule has 2 fully saturated rings. The molecule has 1 N–H and O–H groups in total. The van der Waals surface area contributed by atoms with Gasteiger partial charge in [0.05, 0.1) is 35.7 Å². The van der Waals surface area contributed by atoms with Crippen molar-refractivity contribution in [2.75, 3.05) is 33.9 Å². The van der Waals surface area contributed by atoms with E-state index in [4.69, 9.17) is 37.7 Å². The summed E-state index contributed by atoms with van der Waals surface area (Å²) in [5, 5.41) is 3.81. The molecule has 0 saturated carbocycles. The number of likely N-dealkylation sites (tertiary alicyclic amines) is 1. The minimum absolute atomic E-state index is 0.0568. The molecule has 3 aromatic heterocycles. The molecule has 42 heavy (non-hydrogen) atoms. The molecule has 2 aliphatic heterocycles. The highest BCUT2D eigenvalue weighted by molar-refractivity contribution is 6.39. The van der Waals surface area contributed by atoms with Gasteiger partial charge in [-0.15, -0.1) is 0 Å². The van der Waals surface area contributed by atoms with Gasteiger partial charge in [-0.1, -0.05) is 47.5 Å². The van der Waals surface area contributed by atoms with Gasteiger partial charge in [0.1, 0.15) is 11.4 Å². The molecule has 1 spiro atoms. The lowest BCUT2D eigenvalue weighted by Gasteiger charge is -2.47. The van der Waals surface area contributed by atoms with Crippen molar-refractivity contribution in [3.05, 3.63) is 76.2 Å². The highest BCUT2D eigenvalue weighted by atomic mass is 35.5. The van der Waals surface area contributed by atoms with E-state index in [1.807, 2.05) is 30.3 Å². The van der Waals surface area contributed by atoms with E-state index in [-0.39, 0.29) is 17.0 Å². The predicted octanol–water partition coefficient (Wildman–Crippen LogP) is 5.33. The number of aromatic nitrogens is 3. The van der Waals surface area contributed by atoms with E-state index >= 15 is 0 Å². The van der Waals surface area contributed by atoms with Crippen molar-refractivity contribution in [2.24, 2.45) is 5.41 Å². The van der Waals surface area contributed by atoms with Crippen LogP contribution in [0.2, 0.25) is 10.0 Å². The number of halogens is 2. The molecule has 1 aromatic carbocycles. The Bertz CT molecular complexity index is 1710. The van der Waals surface area contributed by atoms with Gasteiger partial charge in [-0.05, 0) is 18.2 Å².